The Hall–Kier alpha value is -2.70. The van der Waals surface area contributed by atoms with Gasteiger partial charge in [-0.15, -0.1) is 0 Å². The highest BCUT2D eigenvalue weighted by molar-refractivity contribution is 5.87. The van der Waals surface area contributed by atoms with E-state index in [1.54, 1.807) is 6.92 Å². The van der Waals surface area contributed by atoms with Crippen LogP contribution in [0.5, 0.6) is 0 Å². The summed E-state index contributed by atoms with van der Waals surface area (Å²) < 4.78 is 15.9. The SMILES string of the molecule is CCn1ccc(=O)n(Cc2cc(C(=O)O)ccc2F)c1=O. The number of halogens is 1. The van der Waals surface area contributed by atoms with Crippen LogP contribution in [0, 0.1) is 5.82 Å². The van der Waals surface area contributed by atoms with Crippen LogP contribution in [0.2, 0.25) is 0 Å². The predicted molar refractivity (Wildman–Crippen MR) is 73.1 cm³/mol. The molecule has 2 rings (SSSR count). The molecule has 2 aromatic rings. The van der Waals surface area contributed by atoms with Crippen molar-refractivity contribution in [1.29, 1.82) is 0 Å². The van der Waals surface area contributed by atoms with Crippen molar-refractivity contribution < 1.29 is 14.3 Å². The number of hydrogen-bond acceptors (Lipinski definition) is 3. The number of aromatic nitrogens is 2. The van der Waals surface area contributed by atoms with Crippen LogP contribution in [0.25, 0.3) is 0 Å². The highest BCUT2D eigenvalue weighted by atomic mass is 19.1. The van der Waals surface area contributed by atoms with Crippen LogP contribution in [0.15, 0.2) is 40.1 Å². The summed E-state index contributed by atoms with van der Waals surface area (Å²) in [5, 5.41) is 8.90. The molecule has 0 aliphatic heterocycles. The molecule has 0 unspecified atom stereocenters. The zero-order chi connectivity index (χ0) is 15.6. The molecule has 0 amide bonds. The number of carboxylic acid groups (broad SMARTS) is 1. The zero-order valence-corrected chi connectivity index (χ0v) is 11.2. The lowest BCUT2D eigenvalue weighted by molar-refractivity contribution is 0.0696. The summed E-state index contributed by atoms with van der Waals surface area (Å²) >= 11 is 0. The first-order valence-corrected chi connectivity index (χ1v) is 6.26. The van der Waals surface area contributed by atoms with E-state index in [0.29, 0.717) is 6.54 Å². The van der Waals surface area contributed by atoms with Crippen LogP contribution in [-0.2, 0) is 13.1 Å². The lowest BCUT2D eigenvalue weighted by atomic mass is 10.1. The molecule has 1 aromatic heterocycles. The fraction of sp³-hybridized carbons (Fsp3) is 0.214. The summed E-state index contributed by atoms with van der Waals surface area (Å²) in [6, 6.07) is 4.46. The second kappa shape index (κ2) is 5.74. The van der Waals surface area contributed by atoms with E-state index in [2.05, 4.69) is 0 Å². The molecule has 7 heteroatoms. The second-order valence-electron chi connectivity index (χ2n) is 4.42. The highest BCUT2D eigenvalue weighted by Gasteiger charge is 2.11. The van der Waals surface area contributed by atoms with E-state index in [1.165, 1.54) is 16.8 Å². The number of carbonyl (C=O) groups is 1. The maximum atomic E-state index is 13.7. The van der Waals surface area contributed by atoms with E-state index >= 15 is 0 Å². The fourth-order valence-corrected chi connectivity index (χ4v) is 1.94. The van der Waals surface area contributed by atoms with E-state index in [1.807, 2.05) is 0 Å². The normalized spacial score (nSPS) is 10.6. The van der Waals surface area contributed by atoms with Crippen LogP contribution in [0.1, 0.15) is 22.8 Å². The molecule has 0 saturated heterocycles. The molecule has 0 fully saturated rings. The Kier molecular flexibility index (Phi) is 4.02. The molecule has 0 aliphatic rings. The molecule has 6 nitrogen and oxygen atoms in total. The minimum atomic E-state index is -1.21. The monoisotopic (exact) mass is 292 g/mol. The van der Waals surface area contributed by atoms with E-state index in [0.717, 1.165) is 22.8 Å². The van der Waals surface area contributed by atoms with Crippen molar-refractivity contribution in [1.82, 2.24) is 9.13 Å². The summed E-state index contributed by atoms with van der Waals surface area (Å²) in [7, 11) is 0. The van der Waals surface area contributed by atoms with E-state index in [9.17, 15) is 18.8 Å². The molecule has 0 saturated carbocycles. The molecular formula is C14H13FN2O4. The first-order chi connectivity index (χ1) is 9.93. The van der Waals surface area contributed by atoms with Gasteiger partial charge in [0.15, 0.2) is 0 Å². The minimum Gasteiger partial charge on any atom is -0.478 e. The van der Waals surface area contributed by atoms with Crippen molar-refractivity contribution in [2.75, 3.05) is 0 Å². The number of carboxylic acids is 1. The lowest BCUT2D eigenvalue weighted by Gasteiger charge is -2.09. The van der Waals surface area contributed by atoms with Gasteiger partial charge in [0.2, 0.25) is 0 Å². The second-order valence-corrected chi connectivity index (χ2v) is 4.42. The van der Waals surface area contributed by atoms with E-state index in [-0.39, 0.29) is 17.7 Å². The van der Waals surface area contributed by atoms with Crippen LogP contribution in [-0.4, -0.2) is 20.2 Å². The summed E-state index contributed by atoms with van der Waals surface area (Å²) in [5.41, 5.74) is -1.26. The van der Waals surface area contributed by atoms with Gasteiger partial charge < -0.3 is 9.67 Å². The topological polar surface area (TPSA) is 81.3 Å². The maximum Gasteiger partial charge on any atom is 0.335 e. The Bertz CT molecular complexity index is 807. The van der Waals surface area contributed by atoms with Crippen molar-refractivity contribution in [3.05, 3.63) is 68.2 Å². The molecule has 1 heterocycles. The molecule has 0 spiro atoms. The van der Waals surface area contributed by atoms with Gasteiger partial charge in [0.1, 0.15) is 5.82 Å². The third-order valence-electron chi connectivity index (χ3n) is 3.10. The number of aryl methyl sites for hydroxylation is 1. The van der Waals surface area contributed by atoms with Crippen molar-refractivity contribution in [3.8, 4) is 0 Å². The number of benzene rings is 1. The summed E-state index contributed by atoms with van der Waals surface area (Å²) in [6.45, 7) is 1.80. The van der Waals surface area contributed by atoms with Crippen LogP contribution >= 0.6 is 0 Å². The molecule has 110 valence electrons. The van der Waals surface area contributed by atoms with Gasteiger partial charge in [-0.1, -0.05) is 0 Å². The summed E-state index contributed by atoms with van der Waals surface area (Å²) in [4.78, 5) is 34.7. The Labute approximate surface area is 118 Å². The predicted octanol–water partition coefficient (Wildman–Crippen LogP) is 0.915. The number of nitrogens with zero attached hydrogens (tertiary/aromatic N) is 2. The maximum absolute atomic E-state index is 13.7. The molecule has 1 N–H and O–H groups in total. The Morgan fingerprint density at radius 1 is 1.29 bits per heavy atom. The first-order valence-electron chi connectivity index (χ1n) is 6.26. The average Bonchev–Trinajstić information content (AvgIpc) is 2.45. The van der Waals surface area contributed by atoms with Crippen molar-refractivity contribution in [2.45, 2.75) is 20.0 Å². The van der Waals surface area contributed by atoms with Gasteiger partial charge in [-0.25, -0.2) is 14.0 Å². The summed E-state index contributed by atoms with van der Waals surface area (Å²) in [5.74, 6) is -1.87. The third kappa shape index (κ3) is 2.91. The largest absolute Gasteiger partial charge is 0.478 e. The molecular weight excluding hydrogens is 279 g/mol. The van der Waals surface area contributed by atoms with Gasteiger partial charge in [-0.2, -0.15) is 0 Å². The highest BCUT2D eigenvalue weighted by Crippen LogP contribution is 2.11. The van der Waals surface area contributed by atoms with Gasteiger partial charge in [0.05, 0.1) is 12.1 Å². The van der Waals surface area contributed by atoms with E-state index in [4.69, 9.17) is 5.11 Å². The van der Waals surface area contributed by atoms with Gasteiger partial charge in [-0.05, 0) is 25.1 Å². The van der Waals surface area contributed by atoms with Crippen molar-refractivity contribution in [3.63, 3.8) is 0 Å². The van der Waals surface area contributed by atoms with Gasteiger partial charge >= 0.3 is 11.7 Å². The standard InChI is InChI=1S/C14H13FN2O4/c1-2-16-6-5-12(18)17(14(16)21)8-10-7-9(13(19)20)3-4-11(10)15/h3-7H,2,8H2,1H3,(H,19,20). The molecule has 0 radical (unpaired) electrons. The Morgan fingerprint density at radius 3 is 2.62 bits per heavy atom. The molecule has 0 bridgehead atoms. The third-order valence-corrected chi connectivity index (χ3v) is 3.10. The molecule has 1 aromatic carbocycles. The number of rotatable bonds is 4. The zero-order valence-electron chi connectivity index (χ0n) is 11.2. The van der Waals surface area contributed by atoms with Crippen molar-refractivity contribution in [2.24, 2.45) is 0 Å². The van der Waals surface area contributed by atoms with Crippen LogP contribution in [0.4, 0.5) is 4.39 Å². The first kappa shape index (κ1) is 14.7. The van der Waals surface area contributed by atoms with Crippen molar-refractivity contribution >= 4 is 5.97 Å². The smallest absolute Gasteiger partial charge is 0.335 e. The van der Waals surface area contributed by atoms with Gasteiger partial charge in [0, 0.05) is 24.4 Å². The average molecular weight is 292 g/mol. The fourth-order valence-electron chi connectivity index (χ4n) is 1.94. The molecule has 21 heavy (non-hydrogen) atoms. The molecule has 0 atom stereocenters. The number of aromatic carboxylic acids is 1. The van der Waals surface area contributed by atoms with Gasteiger partial charge in [0.25, 0.3) is 5.56 Å². The Balaban J connectivity index is 2.53. The minimum absolute atomic E-state index is 0.0250. The van der Waals surface area contributed by atoms with Crippen LogP contribution < -0.4 is 11.2 Å². The quantitative estimate of drug-likeness (QED) is 0.908. The van der Waals surface area contributed by atoms with E-state index < -0.39 is 23.0 Å². The Morgan fingerprint density at radius 2 is 2.00 bits per heavy atom. The lowest BCUT2D eigenvalue weighted by Crippen LogP contribution is -2.39. The van der Waals surface area contributed by atoms with Crippen LogP contribution in [0.3, 0.4) is 0 Å². The number of hydrogen-bond donors (Lipinski definition) is 1. The van der Waals surface area contributed by atoms with Gasteiger partial charge in [-0.3, -0.25) is 9.36 Å². The molecule has 0 aliphatic carbocycles. The summed E-state index contributed by atoms with van der Waals surface area (Å²) in [6.07, 6.45) is 1.37.